The fourth-order valence-electron chi connectivity index (χ4n) is 2.90. The molecule has 0 radical (unpaired) electrons. The van der Waals surface area contributed by atoms with Crippen LogP contribution in [0.2, 0.25) is 0 Å². The van der Waals surface area contributed by atoms with Gasteiger partial charge < -0.3 is 10.2 Å². The van der Waals surface area contributed by atoms with E-state index in [4.69, 9.17) is 0 Å². The zero-order valence-corrected chi connectivity index (χ0v) is 14.9. The molecule has 0 aliphatic carbocycles. The Labute approximate surface area is 131 Å². The van der Waals surface area contributed by atoms with Gasteiger partial charge in [-0.3, -0.25) is 4.68 Å². The maximum Gasteiger partial charge on any atom is 0.130 e. The number of nitrogens with one attached hydrogen (secondary N) is 1. The van der Waals surface area contributed by atoms with Crippen LogP contribution in [0.4, 0.5) is 5.82 Å². The van der Waals surface area contributed by atoms with Crippen LogP contribution in [0.5, 0.6) is 0 Å². The molecule has 0 aromatic carbocycles. The van der Waals surface area contributed by atoms with Gasteiger partial charge in [0, 0.05) is 49.0 Å². The van der Waals surface area contributed by atoms with Gasteiger partial charge in [0.2, 0.25) is 0 Å². The van der Waals surface area contributed by atoms with Crippen molar-refractivity contribution in [2.24, 2.45) is 7.05 Å². The molecular weight excluding hydrogens is 280 g/mol. The van der Waals surface area contributed by atoms with Gasteiger partial charge in [-0.1, -0.05) is 0 Å². The average Bonchev–Trinajstić information content (AvgIpc) is 2.85. The quantitative estimate of drug-likeness (QED) is 0.920. The monoisotopic (exact) mass is 306 g/mol. The van der Waals surface area contributed by atoms with E-state index < -0.39 is 0 Å². The Kier molecular flexibility index (Phi) is 4.74. The molecule has 5 heteroatoms. The van der Waals surface area contributed by atoms with Crippen molar-refractivity contribution >= 4 is 17.2 Å². The number of hydrogen-bond donors (Lipinski definition) is 1. The van der Waals surface area contributed by atoms with Gasteiger partial charge in [0.1, 0.15) is 5.82 Å². The summed E-state index contributed by atoms with van der Waals surface area (Å²) in [5, 5.41) is 8.19. The topological polar surface area (TPSA) is 33.1 Å². The van der Waals surface area contributed by atoms with Gasteiger partial charge in [-0.2, -0.15) is 5.10 Å². The van der Waals surface area contributed by atoms with Crippen LogP contribution in [0.25, 0.3) is 0 Å². The third kappa shape index (κ3) is 3.30. The molecule has 1 N–H and O–H groups in total. The van der Waals surface area contributed by atoms with Crippen molar-refractivity contribution in [3.63, 3.8) is 0 Å². The summed E-state index contributed by atoms with van der Waals surface area (Å²) in [4.78, 5) is 4.91. The summed E-state index contributed by atoms with van der Waals surface area (Å²) in [6.45, 7) is 9.52. The Bertz CT molecular complexity index is 625. The first-order chi connectivity index (χ1) is 9.81. The molecule has 2 aromatic rings. The number of rotatable bonds is 5. The summed E-state index contributed by atoms with van der Waals surface area (Å²) >= 11 is 1.87. The van der Waals surface area contributed by atoms with Crippen LogP contribution in [0.1, 0.15) is 39.5 Å². The van der Waals surface area contributed by atoms with E-state index in [1.54, 1.807) is 0 Å². The first-order valence-corrected chi connectivity index (χ1v) is 8.13. The van der Waals surface area contributed by atoms with Crippen LogP contribution >= 0.6 is 11.3 Å². The molecule has 1 atom stereocenters. The number of aryl methyl sites for hydroxylation is 4. The average molecular weight is 306 g/mol. The summed E-state index contributed by atoms with van der Waals surface area (Å²) in [6, 6.07) is 2.64. The van der Waals surface area contributed by atoms with Crippen LogP contribution in [0, 0.1) is 20.8 Å². The Balaban J connectivity index is 2.15. The van der Waals surface area contributed by atoms with Gasteiger partial charge in [-0.15, -0.1) is 11.3 Å². The maximum absolute atomic E-state index is 4.54. The number of anilines is 1. The summed E-state index contributed by atoms with van der Waals surface area (Å²) in [5.41, 5.74) is 3.78. The third-order valence-electron chi connectivity index (χ3n) is 3.87. The van der Waals surface area contributed by atoms with Gasteiger partial charge in [0.15, 0.2) is 0 Å². The molecule has 2 rings (SSSR count). The highest BCUT2D eigenvalue weighted by Crippen LogP contribution is 2.27. The summed E-state index contributed by atoms with van der Waals surface area (Å²) in [5.74, 6) is 1.17. The Morgan fingerprint density at radius 2 is 2.00 bits per heavy atom. The molecule has 0 saturated carbocycles. The molecule has 0 aliphatic rings. The number of hydrogen-bond acceptors (Lipinski definition) is 4. The zero-order chi connectivity index (χ0) is 15.7. The third-order valence-corrected chi connectivity index (χ3v) is 4.85. The molecule has 21 heavy (non-hydrogen) atoms. The van der Waals surface area contributed by atoms with Crippen molar-refractivity contribution in [2.45, 2.75) is 40.3 Å². The molecule has 0 fully saturated rings. The van der Waals surface area contributed by atoms with E-state index >= 15 is 0 Å². The number of aromatic nitrogens is 2. The largest absolute Gasteiger partial charge is 0.363 e. The van der Waals surface area contributed by atoms with E-state index in [2.05, 4.69) is 63.2 Å². The van der Waals surface area contributed by atoms with E-state index in [1.165, 1.54) is 26.7 Å². The second kappa shape index (κ2) is 6.20. The SMILES string of the molecule is Cc1cc(C(C)NCc2c(C)nn(C)c2N(C)C)c(C)s1. The van der Waals surface area contributed by atoms with Crippen LogP contribution < -0.4 is 10.2 Å². The van der Waals surface area contributed by atoms with Gasteiger partial charge in [0.05, 0.1) is 5.69 Å². The molecule has 0 bridgehead atoms. The second-order valence-electron chi connectivity index (χ2n) is 5.88. The molecular formula is C16H26N4S. The van der Waals surface area contributed by atoms with Crippen molar-refractivity contribution in [1.82, 2.24) is 15.1 Å². The van der Waals surface area contributed by atoms with Crippen molar-refractivity contribution in [1.29, 1.82) is 0 Å². The maximum atomic E-state index is 4.54. The minimum Gasteiger partial charge on any atom is -0.363 e. The predicted octanol–water partition coefficient (Wildman–Crippen LogP) is 3.32. The number of thiophene rings is 1. The van der Waals surface area contributed by atoms with Gasteiger partial charge in [-0.25, -0.2) is 0 Å². The van der Waals surface area contributed by atoms with Crippen LogP contribution in [0.3, 0.4) is 0 Å². The van der Waals surface area contributed by atoms with Gasteiger partial charge in [-0.05, 0) is 39.3 Å². The van der Waals surface area contributed by atoms with E-state index in [1.807, 2.05) is 23.1 Å². The summed E-state index contributed by atoms with van der Waals surface area (Å²) in [7, 11) is 6.13. The molecule has 116 valence electrons. The van der Waals surface area contributed by atoms with Crippen LogP contribution in [0.15, 0.2) is 6.07 Å². The lowest BCUT2D eigenvalue weighted by Gasteiger charge is -2.18. The standard InChI is InChI=1S/C16H26N4S/c1-10-8-14(13(4)21-10)11(2)17-9-15-12(3)18-20(7)16(15)19(5)6/h8,11,17H,9H2,1-7H3. The molecule has 2 heterocycles. The minimum absolute atomic E-state index is 0.351. The molecule has 0 saturated heterocycles. The molecule has 0 amide bonds. The van der Waals surface area contributed by atoms with Gasteiger partial charge in [0.25, 0.3) is 0 Å². The smallest absolute Gasteiger partial charge is 0.130 e. The fourth-order valence-corrected chi connectivity index (χ4v) is 3.92. The normalized spacial score (nSPS) is 12.7. The van der Waals surface area contributed by atoms with E-state index in [0.29, 0.717) is 6.04 Å². The first-order valence-electron chi connectivity index (χ1n) is 7.31. The highest BCUT2D eigenvalue weighted by Gasteiger charge is 2.17. The van der Waals surface area contributed by atoms with E-state index in [9.17, 15) is 0 Å². The molecule has 2 aromatic heterocycles. The number of nitrogens with zero attached hydrogens (tertiary/aromatic N) is 3. The van der Waals surface area contributed by atoms with E-state index in [0.717, 1.165) is 12.2 Å². The molecule has 1 unspecified atom stereocenters. The van der Waals surface area contributed by atoms with Crippen molar-refractivity contribution in [3.05, 3.63) is 32.6 Å². The lowest BCUT2D eigenvalue weighted by molar-refractivity contribution is 0.572. The second-order valence-corrected chi connectivity index (χ2v) is 7.34. The van der Waals surface area contributed by atoms with Crippen molar-refractivity contribution in [3.8, 4) is 0 Å². The highest BCUT2D eigenvalue weighted by atomic mass is 32.1. The Morgan fingerprint density at radius 1 is 1.33 bits per heavy atom. The summed E-state index contributed by atoms with van der Waals surface area (Å²) in [6.07, 6.45) is 0. The van der Waals surface area contributed by atoms with Crippen molar-refractivity contribution in [2.75, 3.05) is 19.0 Å². The fraction of sp³-hybridized carbons (Fsp3) is 0.562. The summed E-state index contributed by atoms with van der Waals surface area (Å²) < 4.78 is 1.96. The van der Waals surface area contributed by atoms with E-state index in [-0.39, 0.29) is 0 Å². The predicted molar refractivity (Wildman–Crippen MR) is 91.3 cm³/mol. The Morgan fingerprint density at radius 3 is 2.52 bits per heavy atom. The lowest BCUT2D eigenvalue weighted by Crippen LogP contribution is -2.21. The van der Waals surface area contributed by atoms with Crippen molar-refractivity contribution < 1.29 is 0 Å². The van der Waals surface area contributed by atoms with Gasteiger partial charge >= 0.3 is 0 Å². The van der Waals surface area contributed by atoms with Crippen LogP contribution in [-0.2, 0) is 13.6 Å². The zero-order valence-electron chi connectivity index (χ0n) is 14.1. The van der Waals surface area contributed by atoms with Crippen LogP contribution in [-0.4, -0.2) is 23.9 Å². The Hall–Kier alpha value is -1.33. The highest BCUT2D eigenvalue weighted by molar-refractivity contribution is 7.12. The molecule has 0 aliphatic heterocycles. The lowest BCUT2D eigenvalue weighted by atomic mass is 10.1. The first kappa shape index (κ1) is 16.0. The minimum atomic E-state index is 0.351. The molecule has 4 nitrogen and oxygen atoms in total. The molecule has 0 spiro atoms.